The van der Waals surface area contributed by atoms with Crippen LogP contribution in [0, 0.1) is 0 Å². The number of amides is 2. The van der Waals surface area contributed by atoms with E-state index in [1.54, 1.807) is 6.92 Å². The van der Waals surface area contributed by atoms with E-state index < -0.39 is 0 Å². The van der Waals surface area contributed by atoms with E-state index in [2.05, 4.69) is 0 Å². The molecule has 0 aromatic carbocycles. The van der Waals surface area contributed by atoms with Crippen LogP contribution in [0.3, 0.4) is 0 Å². The third-order valence-electron chi connectivity index (χ3n) is 3.92. The molecule has 1 heterocycles. The molecule has 1 aliphatic heterocycles. The van der Waals surface area contributed by atoms with Crippen LogP contribution in [0.1, 0.15) is 39.0 Å². The second-order valence-corrected chi connectivity index (χ2v) is 5.34. The summed E-state index contributed by atoms with van der Waals surface area (Å²) in [6.45, 7) is 3.17. The van der Waals surface area contributed by atoms with E-state index in [1.807, 2.05) is 9.80 Å². The quantitative estimate of drug-likeness (QED) is 0.785. The Kier molecular flexibility index (Phi) is 4.22. The smallest absolute Gasteiger partial charge is 0.236 e. The number of likely N-dealkylation sites (tertiary alicyclic amines) is 1. The minimum Gasteiger partial charge on any atom is -0.338 e. The van der Waals surface area contributed by atoms with Gasteiger partial charge >= 0.3 is 0 Å². The minimum absolute atomic E-state index is 0.0130. The molecule has 102 valence electrons. The molecule has 5 heteroatoms. The third kappa shape index (κ3) is 3.02. The van der Waals surface area contributed by atoms with E-state index in [0.29, 0.717) is 12.6 Å². The Morgan fingerprint density at radius 2 is 2.00 bits per heavy atom. The summed E-state index contributed by atoms with van der Waals surface area (Å²) in [7, 11) is 0. The molecule has 1 saturated heterocycles. The van der Waals surface area contributed by atoms with Crippen molar-refractivity contribution in [2.45, 2.75) is 51.1 Å². The summed E-state index contributed by atoms with van der Waals surface area (Å²) in [4.78, 5) is 27.3. The number of hydrogen-bond acceptors (Lipinski definition) is 3. The standard InChI is InChI=1S/C13H23N3O2/c1-10(17)16(11-5-6-11)9-12-4-2-3-7-15(12)13(18)8-14/h11-12H,2-9,14H2,1H3/t12-/m1/s1. The molecule has 0 bridgehead atoms. The molecule has 0 unspecified atom stereocenters. The summed E-state index contributed by atoms with van der Waals surface area (Å²) in [5.41, 5.74) is 5.46. The lowest BCUT2D eigenvalue weighted by Gasteiger charge is -2.38. The lowest BCUT2D eigenvalue weighted by molar-refractivity contribution is -0.137. The van der Waals surface area contributed by atoms with Gasteiger partial charge in [0.1, 0.15) is 0 Å². The first-order chi connectivity index (χ1) is 8.63. The fourth-order valence-corrected chi connectivity index (χ4v) is 2.78. The van der Waals surface area contributed by atoms with Crippen molar-refractivity contribution in [1.29, 1.82) is 0 Å². The van der Waals surface area contributed by atoms with Crippen LogP contribution in [-0.4, -0.2) is 53.3 Å². The van der Waals surface area contributed by atoms with Gasteiger partial charge in [-0.15, -0.1) is 0 Å². The Morgan fingerprint density at radius 3 is 2.56 bits per heavy atom. The Hall–Kier alpha value is -1.10. The average molecular weight is 253 g/mol. The maximum Gasteiger partial charge on any atom is 0.236 e. The highest BCUT2D eigenvalue weighted by Gasteiger charge is 2.35. The van der Waals surface area contributed by atoms with Gasteiger partial charge in [-0.1, -0.05) is 0 Å². The van der Waals surface area contributed by atoms with E-state index in [-0.39, 0.29) is 24.4 Å². The highest BCUT2D eigenvalue weighted by atomic mass is 16.2. The van der Waals surface area contributed by atoms with Crippen molar-refractivity contribution in [1.82, 2.24) is 9.80 Å². The number of carbonyl (C=O) groups is 2. The Labute approximate surface area is 108 Å². The maximum absolute atomic E-state index is 11.8. The summed E-state index contributed by atoms with van der Waals surface area (Å²) in [6.07, 6.45) is 5.39. The zero-order valence-electron chi connectivity index (χ0n) is 11.1. The van der Waals surface area contributed by atoms with Crippen LogP contribution in [0.15, 0.2) is 0 Å². The van der Waals surface area contributed by atoms with Gasteiger partial charge in [0.25, 0.3) is 0 Å². The van der Waals surface area contributed by atoms with Crippen LogP contribution in [0.25, 0.3) is 0 Å². The summed E-state index contributed by atoms with van der Waals surface area (Å²) in [5, 5.41) is 0. The molecule has 2 fully saturated rings. The second kappa shape index (κ2) is 5.69. The molecular weight excluding hydrogens is 230 g/mol. The van der Waals surface area contributed by atoms with Crippen molar-refractivity contribution in [3.8, 4) is 0 Å². The number of nitrogens with zero attached hydrogens (tertiary/aromatic N) is 2. The van der Waals surface area contributed by atoms with Gasteiger partial charge in [-0.05, 0) is 32.1 Å². The Morgan fingerprint density at radius 1 is 1.28 bits per heavy atom. The van der Waals surface area contributed by atoms with Gasteiger partial charge in [0.15, 0.2) is 0 Å². The number of hydrogen-bond donors (Lipinski definition) is 1. The van der Waals surface area contributed by atoms with Crippen molar-refractivity contribution in [3.63, 3.8) is 0 Å². The van der Waals surface area contributed by atoms with Crippen molar-refractivity contribution in [2.75, 3.05) is 19.6 Å². The van der Waals surface area contributed by atoms with Gasteiger partial charge in [0.2, 0.25) is 11.8 Å². The predicted octanol–water partition coefficient (Wildman–Crippen LogP) is 0.337. The van der Waals surface area contributed by atoms with Crippen LogP contribution in [0.4, 0.5) is 0 Å². The molecule has 0 spiro atoms. The van der Waals surface area contributed by atoms with E-state index in [0.717, 1.165) is 38.6 Å². The molecule has 2 amide bonds. The molecule has 0 aromatic heterocycles. The molecule has 1 aliphatic carbocycles. The fraction of sp³-hybridized carbons (Fsp3) is 0.846. The fourth-order valence-electron chi connectivity index (χ4n) is 2.78. The predicted molar refractivity (Wildman–Crippen MR) is 68.8 cm³/mol. The Bertz CT molecular complexity index is 328. The lowest BCUT2D eigenvalue weighted by atomic mass is 10.0. The third-order valence-corrected chi connectivity index (χ3v) is 3.92. The maximum atomic E-state index is 11.8. The molecule has 2 aliphatic rings. The van der Waals surface area contributed by atoms with Crippen LogP contribution in [0.5, 0.6) is 0 Å². The van der Waals surface area contributed by atoms with Gasteiger partial charge in [0.05, 0.1) is 6.54 Å². The van der Waals surface area contributed by atoms with Crippen molar-refractivity contribution < 1.29 is 9.59 Å². The minimum atomic E-state index is 0.0130. The van der Waals surface area contributed by atoms with E-state index in [4.69, 9.17) is 5.73 Å². The SMILES string of the molecule is CC(=O)N(C[C@H]1CCCCN1C(=O)CN)C1CC1. The van der Waals surface area contributed by atoms with Crippen molar-refractivity contribution in [3.05, 3.63) is 0 Å². The van der Waals surface area contributed by atoms with E-state index >= 15 is 0 Å². The molecule has 1 saturated carbocycles. The van der Waals surface area contributed by atoms with E-state index in [1.165, 1.54) is 0 Å². The number of nitrogens with two attached hydrogens (primary N) is 1. The number of carbonyl (C=O) groups excluding carboxylic acids is 2. The highest BCUT2D eigenvalue weighted by Crippen LogP contribution is 2.29. The molecular formula is C13H23N3O2. The molecule has 0 aromatic rings. The van der Waals surface area contributed by atoms with E-state index in [9.17, 15) is 9.59 Å². The number of rotatable bonds is 4. The van der Waals surface area contributed by atoms with Gasteiger partial charge in [-0.2, -0.15) is 0 Å². The van der Waals surface area contributed by atoms with Crippen LogP contribution in [0.2, 0.25) is 0 Å². The first kappa shape index (κ1) is 13.3. The topological polar surface area (TPSA) is 66.6 Å². The average Bonchev–Trinajstić information content (AvgIpc) is 3.19. The monoisotopic (exact) mass is 253 g/mol. The molecule has 1 atom stereocenters. The first-order valence-corrected chi connectivity index (χ1v) is 6.90. The van der Waals surface area contributed by atoms with Gasteiger partial charge < -0.3 is 15.5 Å². The van der Waals surface area contributed by atoms with Crippen molar-refractivity contribution >= 4 is 11.8 Å². The van der Waals surface area contributed by atoms with Crippen molar-refractivity contribution in [2.24, 2.45) is 5.73 Å². The van der Waals surface area contributed by atoms with Gasteiger partial charge in [-0.3, -0.25) is 9.59 Å². The van der Waals surface area contributed by atoms with Crippen LogP contribution in [-0.2, 0) is 9.59 Å². The Balaban J connectivity index is 1.99. The van der Waals surface area contributed by atoms with Crippen LogP contribution < -0.4 is 5.73 Å². The highest BCUT2D eigenvalue weighted by molar-refractivity contribution is 5.78. The zero-order chi connectivity index (χ0) is 13.1. The first-order valence-electron chi connectivity index (χ1n) is 6.90. The normalized spacial score (nSPS) is 23.9. The molecule has 0 radical (unpaired) electrons. The molecule has 5 nitrogen and oxygen atoms in total. The second-order valence-electron chi connectivity index (χ2n) is 5.34. The molecule has 2 rings (SSSR count). The summed E-state index contributed by atoms with van der Waals surface area (Å²) >= 11 is 0. The van der Waals surface area contributed by atoms with Gasteiger partial charge in [-0.25, -0.2) is 0 Å². The molecule has 18 heavy (non-hydrogen) atoms. The zero-order valence-corrected chi connectivity index (χ0v) is 11.1. The largest absolute Gasteiger partial charge is 0.338 e. The van der Waals surface area contributed by atoms with Crippen LogP contribution >= 0.6 is 0 Å². The summed E-state index contributed by atoms with van der Waals surface area (Å²) in [5.74, 6) is 0.141. The van der Waals surface area contributed by atoms with Gasteiger partial charge in [0, 0.05) is 32.1 Å². The number of piperidine rings is 1. The molecule has 2 N–H and O–H groups in total. The lowest BCUT2D eigenvalue weighted by Crippen LogP contribution is -2.52. The summed E-state index contributed by atoms with van der Waals surface area (Å²) in [6, 6.07) is 0.582. The summed E-state index contributed by atoms with van der Waals surface area (Å²) < 4.78 is 0.